The zero-order valence-electron chi connectivity index (χ0n) is 15.2. The van der Waals surface area contributed by atoms with E-state index in [4.69, 9.17) is 0 Å². The second-order valence-corrected chi connectivity index (χ2v) is 8.64. The predicted octanol–water partition coefficient (Wildman–Crippen LogP) is 0.0985. The van der Waals surface area contributed by atoms with E-state index in [0.29, 0.717) is 11.4 Å². The number of nitrogens with zero attached hydrogens (tertiary/aromatic N) is 1. The maximum absolute atomic E-state index is 12.7. The van der Waals surface area contributed by atoms with Crippen molar-refractivity contribution in [3.63, 3.8) is 0 Å². The van der Waals surface area contributed by atoms with E-state index in [1.165, 1.54) is 14.0 Å². The number of likely N-dealkylation sites (N-methyl/N-ethyl adjacent to an activating group) is 1. The highest BCUT2D eigenvalue weighted by Gasteiger charge is 2.42. The van der Waals surface area contributed by atoms with Gasteiger partial charge >= 0.3 is 0 Å². The van der Waals surface area contributed by atoms with Crippen LogP contribution < -0.4 is 21.5 Å². The van der Waals surface area contributed by atoms with E-state index in [1.54, 1.807) is 38.1 Å². The van der Waals surface area contributed by atoms with Crippen LogP contribution in [0, 0.1) is 0 Å². The molecule has 144 valence electrons. The molecule has 26 heavy (non-hydrogen) atoms. The highest BCUT2D eigenvalue weighted by Crippen LogP contribution is 2.19. The van der Waals surface area contributed by atoms with Crippen molar-refractivity contribution in [3.05, 3.63) is 24.3 Å². The maximum atomic E-state index is 12.7. The lowest BCUT2D eigenvalue weighted by atomic mass is 10.2. The third-order valence-corrected chi connectivity index (χ3v) is 6.66. The molecule has 1 aliphatic rings. The van der Waals surface area contributed by atoms with Gasteiger partial charge in [0.05, 0.1) is 6.54 Å². The van der Waals surface area contributed by atoms with Gasteiger partial charge in [-0.05, 0) is 38.1 Å². The lowest BCUT2D eigenvalue weighted by Gasteiger charge is -2.25. The molecule has 10 heteroatoms. The number of hydrazine groups is 1. The van der Waals surface area contributed by atoms with E-state index < -0.39 is 21.2 Å². The molecule has 2 rings (SSSR count). The molecule has 2 atom stereocenters. The number of sulfonamides is 1. The second kappa shape index (κ2) is 8.12. The lowest BCUT2D eigenvalue weighted by molar-refractivity contribution is -0.116. The number of hydrogen-bond acceptors (Lipinski definition) is 6. The number of nitrogens with one attached hydrogen (secondary N) is 4. The Morgan fingerprint density at radius 1 is 1.04 bits per heavy atom. The highest BCUT2D eigenvalue weighted by atomic mass is 32.2. The normalized spacial score (nSPS) is 23.0. The highest BCUT2D eigenvalue weighted by molar-refractivity contribution is 7.89. The lowest BCUT2D eigenvalue weighted by Crippen LogP contribution is -2.47. The minimum atomic E-state index is -3.64. The SMILES string of the molecule is CC(=O)Nc1ccc(NC(=O)CN(C)S(=O)(=O)C2C(C)NNC2C)cc1. The van der Waals surface area contributed by atoms with Crippen LogP contribution in [-0.4, -0.2) is 55.5 Å². The number of benzene rings is 1. The number of amides is 2. The Bertz CT molecular complexity index is 755. The van der Waals surface area contributed by atoms with Crippen molar-refractivity contribution in [2.45, 2.75) is 38.1 Å². The summed E-state index contributed by atoms with van der Waals surface area (Å²) in [7, 11) is -2.25. The molecule has 1 aliphatic heterocycles. The first-order chi connectivity index (χ1) is 12.1. The van der Waals surface area contributed by atoms with Crippen LogP contribution >= 0.6 is 0 Å². The third kappa shape index (κ3) is 4.79. The van der Waals surface area contributed by atoms with Crippen molar-refractivity contribution in [1.29, 1.82) is 0 Å². The Balaban J connectivity index is 1.97. The van der Waals surface area contributed by atoms with Crippen LogP contribution in [0.2, 0.25) is 0 Å². The van der Waals surface area contributed by atoms with E-state index in [2.05, 4.69) is 21.5 Å². The number of carbonyl (C=O) groups is 2. The van der Waals surface area contributed by atoms with Gasteiger partial charge in [-0.1, -0.05) is 0 Å². The van der Waals surface area contributed by atoms with Gasteiger partial charge in [0.25, 0.3) is 0 Å². The minimum absolute atomic E-state index is 0.187. The third-order valence-electron chi connectivity index (χ3n) is 4.16. The van der Waals surface area contributed by atoms with Crippen LogP contribution in [0.25, 0.3) is 0 Å². The molecule has 2 amide bonds. The summed E-state index contributed by atoms with van der Waals surface area (Å²) in [4.78, 5) is 23.2. The quantitative estimate of drug-likeness (QED) is 0.553. The van der Waals surface area contributed by atoms with Crippen molar-refractivity contribution >= 4 is 33.2 Å². The van der Waals surface area contributed by atoms with Gasteiger partial charge in [-0.3, -0.25) is 20.4 Å². The molecule has 0 saturated carbocycles. The zero-order chi connectivity index (χ0) is 19.5. The van der Waals surface area contributed by atoms with Gasteiger partial charge < -0.3 is 10.6 Å². The molecular formula is C16H25N5O4S. The number of carbonyl (C=O) groups excluding carboxylic acids is 2. The first-order valence-corrected chi connectivity index (χ1v) is 9.75. The van der Waals surface area contributed by atoms with Crippen LogP contribution in [0.1, 0.15) is 20.8 Å². The van der Waals surface area contributed by atoms with Gasteiger partial charge in [-0.2, -0.15) is 4.31 Å². The molecule has 2 unspecified atom stereocenters. The van der Waals surface area contributed by atoms with Gasteiger partial charge in [0.2, 0.25) is 21.8 Å². The predicted molar refractivity (Wildman–Crippen MR) is 99.9 cm³/mol. The summed E-state index contributed by atoms with van der Waals surface area (Å²) >= 11 is 0. The molecule has 0 radical (unpaired) electrons. The van der Waals surface area contributed by atoms with Crippen LogP contribution in [-0.2, 0) is 19.6 Å². The molecule has 0 bridgehead atoms. The van der Waals surface area contributed by atoms with Gasteiger partial charge in [-0.25, -0.2) is 8.42 Å². The molecule has 9 nitrogen and oxygen atoms in total. The summed E-state index contributed by atoms with van der Waals surface area (Å²) in [6.45, 7) is 4.68. The van der Waals surface area contributed by atoms with E-state index in [0.717, 1.165) is 4.31 Å². The fourth-order valence-corrected chi connectivity index (χ4v) is 4.80. The van der Waals surface area contributed by atoms with Crippen molar-refractivity contribution in [2.75, 3.05) is 24.2 Å². The largest absolute Gasteiger partial charge is 0.326 e. The first kappa shape index (κ1) is 20.3. The minimum Gasteiger partial charge on any atom is -0.326 e. The summed E-state index contributed by atoms with van der Waals surface area (Å²) in [5.41, 5.74) is 6.94. The van der Waals surface area contributed by atoms with Gasteiger partial charge in [0, 0.05) is 37.4 Å². The molecule has 0 spiro atoms. The Hall–Kier alpha value is -2.01. The van der Waals surface area contributed by atoms with E-state index in [-0.39, 0.29) is 24.5 Å². The number of anilines is 2. The molecule has 1 saturated heterocycles. The average molecular weight is 383 g/mol. The Kier molecular flexibility index (Phi) is 6.34. The summed E-state index contributed by atoms with van der Waals surface area (Å²) in [6, 6.07) is 6.04. The second-order valence-electron chi connectivity index (χ2n) is 6.44. The van der Waals surface area contributed by atoms with Crippen LogP contribution in [0.3, 0.4) is 0 Å². The molecule has 4 N–H and O–H groups in total. The fraction of sp³-hybridized carbons (Fsp3) is 0.500. The Morgan fingerprint density at radius 3 is 1.96 bits per heavy atom. The summed E-state index contributed by atoms with van der Waals surface area (Å²) in [5.74, 6) is -0.629. The van der Waals surface area contributed by atoms with Crippen molar-refractivity contribution in [2.24, 2.45) is 0 Å². The van der Waals surface area contributed by atoms with E-state index in [1.807, 2.05) is 0 Å². The standard InChI is InChI=1S/C16H25N5O4S/c1-10-16(11(2)20-19-10)26(24,25)21(4)9-15(23)18-14-7-5-13(6-8-14)17-12(3)22/h5-8,10-11,16,19-20H,9H2,1-4H3,(H,17,22)(H,18,23). The van der Waals surface area contributed by atoms with Gasteiger partial charge in [-0.15, -0.1) is 0 Å². The molecular weight excluding hydrogens is 358 g/mol. The average Bonchev–Trinajstić information content (AvgIpc) is 2.88. The Labute approximate surface area is 153 Å². The maximum Gasteiger partial charge on any atom is 0.239 e. The van der Waals surface area contributed by atoms with Gasteiger partial charge in [0.15, 0.2) is 0 Å². The zero-order valence-corrected chi connectivity index (χ0v) is 16.1. The summed E-state index contributed by atoms with van der Waals surface area (Å²) < 4.78 is 26.5. The summed E-state index contributed by atoms with van der Waals surface area (Å²) in [5, 5.41) is 4.62. The Morgan fingerprint density at radius 2 is 1.50 bits per heavy atom. The molecule has 0 aliphatic carbocycles. The van der Waals surface area contributed by atoms with Crippen LogP contribution in [0.15, 0.2) is 24.3 Å². The topological polar surface area (TPSA) is 120 Å². The smallest absolute Gasteiger partial charge is 0.239 e. The molecule has 1 aromatic rings. The van der Waals surface area contributed by atoms with Crippen LogP contribution in [0.5, 0.6) is 0 Å². The van der Waals surface area contributed by atoms with Crippen LogP contribution in [0.4, 0.5) is 11.4 Å². The molecule has 1 heterocycles. The molecule has 1 fully saturated rings. The number of hydrogen-bond donors (Lipinski definition) is 4. The van der Waals surface area contributed by atoms with E-state index in [9.17, 15) is 18.0 Å². The van der Waals surface area contributed by atoms with Crippen molar-refractivity contribution in [3.8, 4) is 0 Å². The molecule has 1 aromatic carbocycles. The van der Waals surface area contributed by atoms with Crippen molar-refractivity contribution < 1.29 is 18.0 Å². The number of rotatable bonds is 6. The summed E-state index contributed by atoms with van der Waals surface area (Å²) in [6.07, 6.45) is 0. The van der Waals surface area contributed by atoms with Gasteiger partial charge in [0.1, 0.15) is 5.25 Å². The monoisotopic (exact) mass is 383 g/mol. The van der Waals surface area contributed by atoms with E-state index >= 15 is 0 Å². The fourth-order valence-electron chi connectivity index (χ4n) is 2.92. The van der Waals surface area contributed by atoms with Crippen molar-refractivity contribution in [1.82, 2.24) is 15.2 Å². The first-order valence-electron chi connectivity index (χ1n) is 8.25. The molecule has 0 aromatic heterocycles.